The Morgan fingerprint density at radius 3 is 2.67 bits per heavy atom. The molecule has 0 bridgehead atoms. The van der Waals surface area contributed by atoms with Crippen LogP contribution in [0.2, 0.25) is 6.32 Å². The summed E-state index contributed by atoms with van der Waals surface area (Å²) in [6.07, 6.45) is 5.43. The molecule has 4 N–H and O–H groups in total. The van der Waals surface area contributed by atoms with Crippen LogP contribution >= 0.6 is 15.9 Å². The Hall–Kier alpha value is -3.54. The second-order valence-corrected chi connectivity index (χ2v) is 12.7. The molecule has 2 saturated heterocycles. The van der Waals surface area contributed by atoms with Gasteiger partial charge in [-0.05, 0) is 103 Å². The molecule has 4 atom stereocenters. The van der Waals surface area contributed by atoms with Crippen molar-refractivity contribution < 1.29 is 34.4 Å². The van der Waals surface area contributed by atoms with E-state index in [0.29, 0.717) is 36.9 Å². The number of anilines is 1. The van der Waals surface area contributed by atoms with E-state index in [-0.39, 0.29) is 35.3 Å². The lowest BCUT2D eigenvalue weighted by Gasteiger charge is -2.43. The summed E-state index contributed by atoms with van der Waals surface area (Å²) in [7, 11) is -2.84. The summed E-state index contributed by atoms with van der Waals surface area (Å²) in [5.41, 5.74) is 4.79. The Kier molecular flexibility index (Phi) is 9.12. The number of nitrogens with zero attached hydrogens (tertiary/aromatic N) is 2. The first kappa shape index (κ1) is 31.4. The van der Waals surface area contributed by atoms with E-state index in [1.165, 1.54) is 17.0 Å². The van der Waals surface area contributed by atoms with Gasteiger partial charge in [0, 0.05) is 16.2 Å². The van der Waals surface area contributed by atoms with E-state index in [1.807, 2.05) is 37.3 Å². The van der Waals surface area contributed by atoms with Crippen molar-refractivity contribution in [2.45, 2.75) is 45.0 Å². The van der Waals surface area contributed by atoms with Gasteiger partial charge in [0.2, 0.25) is 11.8 Å². The summed E-state index contributed by atoms with van der Waals surface area (Å²) in [6, 6.07) is 17.0. The van der Waals surface area contributed by atoms with Crippen LogP contribution in [-0.2, 0) is 14.2 Å². The van der Waals surface area contributed by atoms with Gasteiger partial charge in [-0.25, -0.2) is 0 Å². The fourth-order valence-corrected chi connectivity index (χ4v) is 7.50. The van der Waals surface area contributed by atoms with E-state index in [2.05, 4.69) is 20.9 Å². The number of rotatable bonds is 8. The maximum Gasteiger partial charge on any atom is 0.488 e. The number of imide groups is 1. The zero-order valence-corrected chi connectivity index (χ0v) is 26.3. The fourth-order valence-electron chi connectivity index (χ4n) is 7.12. The van der Waals surface area contributed by atoms with Crippen LogP contribution in [0.15, 0.2) is 82.5 Å². The van der Waals surface area contributed by atoms with Crippen molar-refractivity contribution in [1.29, 1.82) is 0 Å². The molecule has 2 aliphatic heterocycles. The van der Waals surface area contributed by atoms with Gasteiger partial charge < -0.3 is 24.8 Å². The maximum atomic E-state index is 14.0. The van der Waals surface area contributed by atoms with Gasteiger partial charge in [0.15, 0.2) is 0 Å². The molecule has 2 fully saturated rings. The minimum absolute atomic E-state index is 0.137. The van der Waals surface area contributed by atoms with Gasteiger partial charge in [0.05, 0.1) is 29.3 Å². The number of allylic oxidation sites excluding steroid dienone is 2. The summed E-state index contributed by atoms with van der Waals surface area (Å²) in [4.78, 5) is 33.5. The second kappa shape index (κ2) is 13.1. The molecule has 3 heterocycles. The normalized spacial score (nSPS) is 23.4. The summed E-state index contributed by atoms with van der Waals surface area (Å²) >= 11 is 3.48. The molecule has 3 aliphatic rings. The number of hydrogen-bond donors (Lipinski definition) is 4. The summed E-state index contributed by atoms with van der Waals surface area (Å²) in [5, 5.41) is 40.8. The van der Waals surface area contributed by atoms with Crippen molar-refractivity contribution in [2.75, 3.05) is 4.90 Å². The van der Waals surface area contributed by atoms with Gasteiger partial charge in [0.1, 0.15) is 5.75 Å². The predicted octanol–water partition coefficient (Wildman–Crippen LogP) is 3.96. The molecule has 0 saturated carbocycles. The molecule has 0 spiro atoms. The average Bonchev–Trinajstić information content (AvgIpc) is 3.29. The molecule has 9 nitrogen and oxygen atoms in total. The Morgan fingerprint density at radius 1 is 1.11 bits per heavy atom. The zero-order valence-electron chi connectivity index (χ0n) is 24.7. The third kappa shape index (κ3) is 6.17. The molecular weight excluding hydrogens is 638 g/mol. The van der Waals surface area contributed by atoms with Gasteiger partial charge in [0.25, 0.3) is 0 Å². The largest absolute Gasteiger partial charge is 0.507 e. The third-order valence-electron chi connectivity index (χ3n) is 9.15. The van der Waals surface area contributed by atoms with Crippen molar-refractivity contribution in [3.8, 4) is 5.75 Å². The van der Waals surface area contributed by atoms with E-state index in [0.717, 1.165) is 26.9 Å². The van der Waals surface area contributed by atoms with Crippen molar-refractivity contribution in [3.05, 3.63) is 93.7 Å². The molecule has 12 heteroatoms. The molecule has 0 unspecified atom stereocenters. The SMILES string of the molecule is CCC1=C2[C@@H](CC/C(=C/c3cc(Br)ccc3O)c3ccccn3)OB(O)C[C@@H]2[C@@H]2C(=O)N(c3cccc(B(O)O)c3)C(=O)[C@@H]2C1. The van der Waals surface area contributed by atoms with Crippen LogP contribution in [0.3, 0.4) is 0 Å². The molecule has 230 valence electrons. The number of pyridine rings is 1. The number of carbonyl (C=O) groups excluding carboxylic acids is 2. The lowest BCUT2D eigenvalue weighted by Crippen LogP contribution is -2.46. The minimum atomic E-state index is -1.73. The number of phenols is 1. The first-order valence-corrected chi connectivity index (χ1v) is 15.9. The minimum Gasteiger partial charge on any atom is -0.507 e. The van der Waals surface area contributed by atoms with Crippen LogP contribution < -0.4 is 10.4 Å². The van der Waals surface area contributed by atoms with Gasteiger partial charge in [-0.2, -0.15) is 0 Å². The van der Waals surface area contributed by atoms with Crippen LogP contribution in [0.5, 0.6) is 5.75 Å². The average molecular weight is 671 g/mol. The van der Waals surface area contributed by atoms with E-state index in [4.69, 9.17) is 4.65 Å². The first-order valence-electron chi connectivity index (χ1n) is 15.2. The molecule has 45 heavy (non-hydrogen) atoms. The smallest absolute Gasteiger partial charge is 0.488 e. The first-order chi connectivity index (χ1) is 21.7. The van der Waals surface area contributed by atoms with Crippen molar-refractivity contribution >= 4 is 64.8 Å². The number of benzene rings is 2. The molecule has 3 aromatic rings. The van der Waals surface area contributed by atoms with Gasteiger partial charge >= 0.3 is 14.2 Å². The second-order valence-electron chi connectivity index (χ2n) is 11.8. The lowest BCUT2D eigenvalue weighted by molar-refractivity contribution is -0.122. The highest BCUT2D eigenvalue weighted by atomic mass is 79.9. The van der Waals surface area contributed by atoms with Gasteiger partial charge in [-0.1, -0.05) is 46.6 Å². The lowest BCUT2D eigenvalue weighted by atomic mass is 9.58. The monoisotopic (exact) mass is 670 g/mol. The van der Waals surface area contributed by atoms with Crippen molar-refractivity contribution in [2.24, 2.45) is 17.8 Å². The highest BCUT2D eigenvalue weighted by molar-refractivity contribution is 9.10. The molecule has 0 radical (unpaired) electrons. The van der Waals surface area contributed by atoms with E-state index < -0.39 is 32.2 Å². The predicted molar refractivity (Wildman–Crippen MR) is 176 cm³/mol. The fraction of sp³-hybridized carbons (Fsp3) is 0.303. The zero-order chi connectivity index (χ0) is 31.8. The highest BCUT2D eigenvalue weighted by Gasteiger charge is 2.57. The molecule has 2 amide bonds. The summed E-state index contributed by atoms with van der Waals surface area (Å²) in [5.74, 6) is -2.13. The number of fused-ring (bicyclic) bond motifs is 3. The maximum absolute atomic E-state index is 14.0. The van der Waals surface area contributed by atoms with Crippen LogP contribution in [-0.4, -0.2) is 57.3 Å². The van der Waals surface area contributed by atoms with Crippen LogP contribution in [0.4, 0.5) is 5.69 Å². The van der Waals surface area contributed by atoms with Gasteiger partial charge in [-0.3, -0.25) is 19.5 Å². The molecule has 1 aliphatic carbocycles. The number of amides is 2. The molecule has 1 aromatic heterocycles. The quantitative estimate of drug-likeness (QED) is 0.160. The Morgan fingerprint density at radius 2 is 1.93 bits per heavy atom. The van der Waals surface area contributed by atoms with Crippen LogP contribution in [0.1, 0.15) is 43.9 Å². The Bertz CT molecular complexity index is 1680. The number of carbonyl (C=O) groups is 2. The topological polar surface area (TPSA) is 140 Å². The van der Waals surface area contributed by atoms with Crippen molar-refractivity contribution in [1.82, 2.24) is 4.98 Å². The Labute approximate surface area is 270 Å². The highest BCUT2D eigenvalue weighted by Crippen LogP contribution is 2.52. The number of hydrogen-bond acceptors (Lipinski definition) is 8. The third-order valence-corrected chi connectivity index (χ3v) is 9.64. The molecule has 6 rings (SSSR count). The number of aromatic nitrogens is 1. The summed E-state index contributed by atoms with van der Waals surface area (Å²) in [6.45, 7) is 2.03. The van der Waals surface area contributed by atoms with Gasteiger partial charge in [-0.15, -0.1) is 0 Å². The number of aromatic hydroxyl groups is 1. The van der Waals surface area contributed by atoms with Crippen molar-refractivity contribution in [3.63, 3.8) is 0 Å². The molecule has 2 aromatic carbocycles. The van der Waals surface area contributed by atoms with Crippen LogP contribution in [0.25, 0.3) is 11.6 Å². The number of phenolic OH excluding ortho intramolecular Hbond substituents is 1. The number of halogens is 1. The van der Waals surface area contributed by atoms with Crippen LogP contribution in [0, 0.1) is 17.8 Å². The molecular formula is C33H33B2BrN2O7. The Balaban J connectivity index is 1.32. The van der Waals surface area contributed by atoms with E-state index >= 15 is 0 Å². The summed E-state index contributed by atoms with van der Waals surface area (Å²) < 4.78 is 6.99. The van der Waals surface area contributed by atoms with E-state index in [1.54, 1.807) is 30.5 Å². The van der Waals surface area contributed by atoms with E-state index in [9.17, 15) is 29.8 Å². The standard InChI is InChI=1S/C33H33B2BrN2O7/c1-2-19-16-25-31(33(41)38(32(25)40)24-7-5-6-22(17-24)35(43)44)26-18-34(42)45-29(30(19)26)12-9-20(27-8-3-4-13-37-27)14-21-15-23(36)10-11-28(21)39/h3-8,10-11,13-15,17,25-26,29,31,39,42-44H,2,9,12,16,18H2,1H3/b20-14-/t25-,26+,29-,31-/m1/s1.